The molecule has 2 atom stereocenters. The molecule has 22 heavy (non-hydrogen) atoms. The molecule has 0 aromatic heterocycles. The topological polar surface area (TPSA) is 70.0 Å². The number of nitrogens with zero attached hydrogens (tertiary/aromatic N) is 1. The number of sulfonamides is 1. The molecule has 0 radical (unpaired) electrons. The lowest BCUT2D eigenvalue weighted by molar-refractivity contribution is 0.420. The third-order valence-electron chi connectivity index (χ3n) is 3.79. The summed E-state index contributed by atoms with van der Waals surface area (Å²) in [5.74, 6) is 1.01. The molecular weight excluding hydrogens is 316 g/mol. The zero-order valence-electron chi connectivity index (χ0n) is 12.8. The molecule has 4 nitrogen and oxygen atoms in total. The van der Waals surface area contributed by atoms with E-state index < -0.39 is 10.0 Å². The average molecular weight is 338 g/mol. The smallest absolute Gasteiger partial charge is 0.212 e. The third-order valence-corrected chi connectivity index (χ3v) is 6.43. The SMILES string of the molecule is CCSC1CCCC(NS(=O)(=O)Cc2cccc(C#N)c2)C1. The molecule has 2 unspecified atom stereocenters. The van der Waals surface area contributed by atoms with Gasteiger partial charge in [-0.05, 0) is 42.7 Å². The predicted octanol–water partition coefficient (Wildman–Crippen LogP) is 3.04. The lowest BCUT2D eigenvalue weighted by Gasteiger charge is -2.29. The molecule has 1 aliphatic rings. The number of hydrogen-bond acceptors (Lipinski definition) is 4. The highest BCUT2D eigenvalue weighted by atomic mass is 32.2. The minimum absolute atomic E-state index is 0.0435. The number of thioether (sulfide) groups is 1. The van der Waals surface area contributed by atoms with E-state index in [4.69, 9.17) is 5.26 Å². The Morgan fingerprint density at radius 3 is 2.95 bits per heavy atom. The molecule has 1 aromatic rings. The predicted molar refractivity (Wildman–Crippen MR) is 91.1 cm³/mol. The Bertz CT molecular complexity index is 636. The summed E-state index contributed by atoms with van der Waals surface area (Å²) in [6, 6.07) is 8.86. The minimum atomic E-state index is -3.37. The molecule has 0 amide bonds. The Balaban J connectivity index is 1.97. The van der Waals surface area contributed by atoms with E-state index in [1.54, 1.807) is 24.3 Å². The van der Waals surface area contributed by atoms with Crippen molar-refractivity contribution in [2.45, 2.75) is 49.7 Å². The minimum Gasteiger partial charge on any atom is -0.212 e. The van der Waals surface area contributed by atoms with Gasteiger partial charge in [0.15, 0.2) is 0 Å². The molecule has 120 valence electrons. The summed E-state index contributed by atoms with van der Waals surface area (Å²) in [6.45, 7) is 2.14. The molecule has 1 fully saturated rings. The fraction of sp³-hybridized carbons (Fsp3) is 0.562. The van der Waals surface area contributed by atoms with Crippen molar-refractivity contribution in [2.75, 3.05) is 5.75 Å². The summed E-state index contributed by atoms with van der Waals surface area (Å²) in [5.41, 5.74) is 1.15. The van der Waals surface area contributed by atoms with Crippen LogP contribution in [0.3, 0.4) is 0 Å². The standard InChI is InChI=1S/C16H22N2O2S2/c1-2-21-16-8-4-7-15(10-16)18-22(19,20)12-14-6-3-5-13(9-14)11-17/h3,5-6,9,15-16,18H,2,4,7-8,10,12H2,1H3. The molecule has 0 aliphatic heterocycles. The molecule has 6 heteroatoms. The Morgan fingerprint density at radius 2 is 2.23 bits per heavy atom. The Hall–Kier alpha value is -1.03. The first kappa shape index (κ1) is 17.3. The fourth-order valence-corrected chi connectivity index (χ4v) is 5.48. The number of rotatable bonds is 6. The second-order valence-electron chi connectivity index (χ2n) is 5.63. The summed E-state index contributed by atoms with van der Waals surface area (Å²) >= 11 is 1.92. The number of nitriles is 1. The van der Waals surface area contributed by atoms with Gasteiger partial charge in [0.25, 0.3) is 0 Å². The van der Waals surface area contributed by atoms with E-state index in [2.05, 4.69) is 11.6 Å². The van der Waals surface area contributed by atoms with Gasteiger partial charge in [0.2, 0.25) is 10.0 Å². The van der Waals surface area contributed by atoms with E-state index >= 15 is 0 Å². The first-order valence-electron chi connectivity index (χ1n) is 7.63. The van der Waals surface area contributed by atoms with Gasteiger partial charge in [-0.25, -0.2) is 13.1 Å². The van der Waals surface area contributed by atoms with Gasteiger partial charge in [0.05, 0.1) is 17.4 Å². The van der Waals surface area contributed by atoms with Gasteiger partial charge in [0, 0.05) is 11.3 Å². The monoisotopic (exact) mass is 338 g/mol. The van der Waals surface area contributed by atoms with Crippen molar-refractivity contribution in [1.29, 1.82) is 5.26 Å². The van der Waals surface area contributed by atoms with Crippen LogP contribution >= 0.6 is 11.8 Å². The Labute approximate surface area is 137 Å². The van der Waals surface area contributed by atoms with Crippen LogP contribution < -0.4 is 4.72 Å². The van der Waals surface area contributed by atoms with Crippen LogP contribution in [-0.4, -0.2) is 25.5 Å². The first-order valence-corrected chi connectivity index (χ1v) is 10.3. The van der Waals surface area contributed by atoms with Crippen LogP contribution in [0.15, 0.2) is 24.3 Å². The van der Waals surface area contributed by atoms with Crippen LogP contribution in [0.2, 0.25) is 0 Å². The second kappa shape index (κ2) is 8.00. The van der Waals surface area contributed by atoms with Crippen molar-refractivity contribution in [3.63, 3.8) is 0 Å². The summed E-state index contributed by atoms with van der Waals surface area (Å²) in [7, 11) is -3.37. The number of nitrogens with one attached hydrogen (secondary N) is 1. The van der Waals surface area contributed by atoms with Gasteiger partial charge >= 0.3 is 0 Å². The van der Waals surface area contributed by atoms with Crippen LogP contribution in [0.1, 0.15) is 43.7 Å². The average Bonchev–Trinajstić information content (AvgIpc) is 2.47. The molecule has 1 saturated carbocycles. The van der Waals surface area contributed by atoms with Gasteiger partial charge in [-0.3, -0.25) is 0 Å². The van der Waals surface area contributed by atoms with Gasteiger partial charge < -0.3 is 0 Å². The highest BCUT2D eigenvalue weighted by Gasteiger charge is 2.25. The largest absolute Gasteiger partial charge is 0.216 e. The Morgan fingerprint density at radius 1 is 1.41 bits per heavy atom. The maximum Gasteiger partial charge on any atom is 0.216 e. The summed E-state index contributed by atoms with van der Waals surface area (Å²) < 4.78 is 27.5. The molecule has 1 aliphatic carbocycles. The first-order chi connectivity index (χ1) is 10.5. The third kappa shape index (κ3) is 5.31. The lowest BCUT2D eigenvalue weighted by atomic mass is 9.96. The molecule has 0 bridgehead atoms. The zero-order chi connectivity index (χ0) is 16.0. The van der Waals surface area contributed by atoms with Crippen molar-refractivity contribution in [3.05, 3.63) is 35.4 Å². The maximum atomic E-state index is 12.3. The number of hydrogen-bond donors (Lipinski definition) is 1. The van der Waals surface area contributed by atoms with E-state index in [9.17, 15) is 8.42 Å². The van der Waals surface area contributed by atoms with Crippen LogP contribution in [0, 0.1) is 11.3 Å². The van der Waals surface area contributed by atoms with Gasteiger partial charge in [-0.1, -0.05) is 25.5 Å². The summed E-state index contributed by atoms with van der Waals surface area (Å²) in [4.78, 5) is 0. The van der Waals surface area contributed by atoms with Crippen molar-refractivity contribution in [2.24, 2.45) is 0 Å². The van der Waals surface area contributed by atoms with Gasteiger partial charge in [0.1, 0.15) is 0 Å². The molecular formula is C16H22N2O2S2. The van der Waals surface area contributed by atoms with Crippen LogP contribution in [0.25, 0.3) is 0 Å². The van der Waals surface area contributed by atoms with Crippen LogP contribution in [0.4, 0.5) is 0 Å². The van der Waals surface area contributed by atoms with Gasteiger partial charge in [-0.2, -0.15) is 17.0 Å². The van der Waals surface area contributed by atoms with Crippen LogP contribution in [-0.2, 0) is 15.8 Å². The molecule has 0 spiro atoms. The highest BCUT2D eigenvalue weighted by Crippen LogP contribution is 2.28. The molecule has 1 N–H and O–H groups in total. The molecule has 1 aromatic carbocycles. The summed E-state index contributed by atoms with van der Waals surface area (Å²) in [5, 5.41) is 9.45. The molecule has 0 saturated heterocycles. The zero-order valence-corrected chi connectivity index (χ0v) is 14.4. The lowest BCUT2D eigenvalue weighted by Crippen LogP contribution is -2.39. The fourth-order valence-electron chi connectivity index (χ4n) is 2.88. The number of benzene rings is 1. The van der Waals surface area contributed by atoms with E-state index in [1.807, 2.05) is 17.8 Å². The van der Waals surface area contributed by atoms with Crippen molar-refractivity contribution < 1.29 is 8.42 Å². The second-order valence-corrected chi connectivity index (χ2v) is 8.96. The highest BCUT2D eigenvalue weighted by molar-refractivity contribution is 7.99. The molecule has 2 rings (SSSR count). The van der Waals surface area contributed by atoms with E-state index in [0.717, 1.165) is 25.0 Å². The summed E-state index contributed by atoms with van der Waals surface area (Å²) in [6.07, 6.45) is 4.09. The van der Waals surface area contributed by atoms with Crippen molar-refractivity contribution >= 4 is 21.8 Å². The normalized spacial score (nSPS) is 22.2. The molecule has 0 heterocycles. The van der Waals surface area contributed by atoms with E-state index in [1.165, 1.54) is 6.42 Å². The van der Waals surface area contributed by atoms with E-state index in [-0.39, 0.29) is 11.8 Å². The Kier molecular flexibility index (Phi) is 6.30. The van der Waals surface area contributed by atoms with Crippen molar-refractivity contribution in [1.82, 2.24) is 4.72 Å². The maximum absolute atomic E-state index is 12.3. The van der Waals surface area contributed by atoms with Crippen LogP contribution in [0.5, 0.6) is 0 Å². The van der Waals surface area contributed by atoms with Gasteiger partial charge in [-0.15, -0.1) is 0 Å². The van der Waals surface area contributed by atoms with E-state index in [0.29, 0.717) is 16.4 Å². The quantitative estimate of drug-likeness (QED) is 0.865. The van der Waals surface area contributed by atoms with Crippen molar-refractivity contribution in [3.8, 4) is 6.07 Å².